The van der Waals surface area contributed by atoms with Gasteiger partial charge >= 0.3 is 0 Å². The normalized spacial score (nSPS) is 21.5. The quantitative estimate of drug-likeness (QED) is 0.571. The Morgan fingerprint density at radius 2 is 1.91 bits per heavy atom. The van der Waals surface area contributed by atoms with Gasteiger partial charge < -0.3 is 10.1 Å². The lowest BCUT2D eigenvalue weighted by Gasteiger charge is -2.43. The summed E-state index contributed by atoms with van der Waals surface area (Å²) >= 11 is 0. The van der Waals surface area contributed by atoms with Crippen LogP contribution < -0.4 is 5.32 Å². The third kappa shape index (κ3) is 4.17. The summed E-state index contributed by atoms with van der Waals surface area (Å²) in [5, 5.41) is 2.41. The number of rotatable bonds is 6. The summed E-state index contributed by atoms with van der Waals surface area (Å²) in [7, 11) is -3.72. The molecular formula is C24H24F2N4O3S. The minimum absolute atomic E-state index is 0.00608. The van der Waals surface area contributed by atoms with E-state index in [0.29, 0.717) is 24.2 Å². The van der Waals surface area contributed by atoms with E-state index in [0.717, 1.165) is 12.1 Å². The molecule has 2 aromatic carbocycles. The van der Waals surface area contributed by atoms with Gasteiger partial charge in [-0.25, -0.2) is 22.2 Å². The number of hydrogen-bond donors (Lipinski definition) is 1. The standard InChI is InChI=1S/C24H24F2N4O3S/c25-20-12-19(24(15-33-16-24)29-23-13-27-8-9-28-23)21(26)11-18(20)14-30-10-4-7-22(34(30,31)32)17-5-2-1-3-6-17/h1-3,5-6,8-9,11-13,22H,4,7,10,14-16H2,(H,28,29)/t22-/m1/s1. The van der Waals surface area contributed by atoms with E-state index in [4.69, 9.17) is 4.74 Å². The van der Waals surface area contributed by atoms with Crippen LogP contribution in [0.15, 0.2) is 61.1 Å². The fraction of sp³-hybridized carbons (Fsp3) is 0.333. The maximum Gasteiger partial charge on any atom is 0.221 e. The van der Waals surface area contributed by atoms with Crippen LogP contribution in [-0.2, 0) is 26.8 Å². The molecule has 5 rings (SSSR count). The molecule has 7 nitrogen and oxygen atoms in total. The van der Waals surface area contributed by atoms with Gasteiger partial charge in [0, 0.05) is 36.6 Å². The predicted molar refractivity (Wildman–Crippen MR) is 122 cm³/mol. The summed E-state index contributed by atoms with van der Waals surface area (Å²) in [5.41, 5.74) is -0.172. The Labute approximate surface area is 196 Å². The third-order valence-electron chi connectivity index (χ3n) is 6.39. The molecule has 10 heteroatoms. The number of nitrogens with one attached hydrogen (secondary N) is 1. The van der Waals surface area contributed by atoms with Crippen molar-refractivity contribution in [1.29, 1.82) is 0 Å². The van der Waals surface area contributed by atoms with Gasteiger partial charge in [0.05, 0.1) is 19.4 Å². The fourth-order valence-corrected chi connectivity index (χ4v) is 6.59. The maximum absolute atomic E-state index is 15.3. The lowest BCUT2D eigenvalue weighted by Crippen LogP contribution is -2.53. The average molecular weight is 487 g/mol. The summed E-state index contributed by atoms with van der Waals surface area (Å²) < 4.78 is 63.6. The Morgan fingerprint density at radius 3 is 2.59 bits per heavy atom. The minimum atomic E-state index is -3.72. The average Bonchev–Trinajstić information content (AvgIpc) is 2.81. The summed E-state index contributed by atoms with van der Waals surface area (Å²) in [5.74, 6) is -0.883. The van der Waals surface area contributed by atoms with Crippen LogP contribution in [0.25, 0.3) is 0 Å². The Balaban J connectivity index is 1.41. The summed E-state index contributed by atoms with van der Waals surface area (Å²) in [6.07, 6.45) is 5.64. The topological polar surface area (TPSA) is 84.4 Å². The molecule has 0 saturated carbocycles. The van der Waals surface area contributed by atoms with Crippen molar-refractivity contribution >= 4 is 15.8 Å². The third-order valence-corrected chi connectivity index (χ3v) is 8.65. The van der Waals surface area contributed by atoms with Crippen molar-refractivity contribution in [3.63, 3.8) is 0 Å². The molecule has 3 heterocycles. The van der Waals surface area contributed by atoms with E-state index in [1.54, 1.807) is 24.3 Å². The van der Waals surface area contributed by atoms with Crippen LogP contribution in [0.2, 0.25) is 0 Å². The van der Waals surface area contributed by atoms with E-state index in [1.165, 1.54) is 22.9 Å². The molecule has 1 atom stereocenters. The highest BCUT2D eigenvalue weighted by molar-refractivity contribution is 7.89. The maximum atomic E-state index is 15.3. The van der Waals surface area contributed by atoms with Crippen LogP contribution >= 0.6 is 0 Å². The molecule has 0 unspecified atom stereocenters. The first-order chi connectivity index (χ1) is 16.4. The van der Waals surface area contributed by atoms with Crippen molar-refractivity contribution in [3.8, 4) is 0 Å². The highest BCUT2D eigenvalue weighted by Gasteiger charge is 2.44. The summed E-state index contributed by atoms with van der Waals surface area (Å²) in [6.45, 7) is 0.313. The molecule has 1 aromatic heterocycles. The lowest BCUT2D eigenvalue weighted by molar-refractivity contribution is -0.0466. The first kappa shape index (κ1) is 22.8. The van der Waals surface area contributed by atoms with Crippen molar-refractivity contribution in [3.05, 3.63) is 89.4 Å². The highest BCUT2D eigenvalue weighted by atomic mass is 32.2. The van der Waals surface area contributed by atoms with Gasteiger partial charge in [0.2, 0.25) is 10.0 Å². The molecular weight excluding hydrogens is 462 g/mol. The minimum Gasteiger partial charge on any atom is -0.376 e. The van der Waals surface area contributed by atoms with Gasteiger partial charge in [-0.3, -0.25) is 4.98 Å². The Bertz CT molecular complexity index is 1270. The molecule has 2 aliphatic rings. The number of sulfonamides is 1. The molecule has 0 radical (unpaired) electrons. The summed E-state index contributed by atoms with van der Waals surface area (Å²) in [4.78, 5) is 8.13. The zero-order chi connectivity index (χ0) is 23.8. The molecule has 2 saturated heterocycles. The van der Waals surface area contributed by atoms with Crippen LogP contribution in [0, 0.1) is 11.6 Å². The van der Waals surface area contributed by atoms with Crippen molar-refractivity contribution in [2.45, 2.75) is 30.2 Å². The molecule has 178 valence electrons. The highest BCUT2D eigenvalue weighted by Crippen LogP contribution is 2.38. The number of ether oxygens (including phenoxy) is 1. The van der Waals surface area contributed by atoms with E-state index in [1.807, 2.05) is 6.07 Å². The van der Waals surface area contributed by atoms with E-state index in [-0.39, 0.29) is 37.4 Å². The SMILES string of the molecule is O=S1(=O)[C@@H](c2ccccc2)CCCN1Cc1cc(F)c(C2(Nc3cnccn3)COC2)cc1F. The van der Waals surface area contributed by atoms with E-state index < -0.39 is 32.4 Å². The fourth-order valence-electron chi connectivity index (χ4n) is 4.56. The van der Waals surface area contributed by atoms with Crippen molar-refractivity contribution in [2.24, 2.45) is 0 Å². The largest absolute Gasteiger partial charge is 0.376 e. The first-order valence-electron chi connectivity index (χ1n) is 11.0. The zero-order valence-corrected chi connectivity index (χ0v) is 19.1. The van der Waals surface area contributed by atoms with E-state index in [9.17, 15) is 8.42 Å². The van der Waals surface area contributed by atoms with Crippen LogP contribution in [0.4, 0.5) is 14.6 Å². The predicted octanol–water partition coefficient (Wildman–Crippen LogP) is 3.76. The second kappa shape index (κ2) is 9.01. The number of aromatic nitrogens is 2. The molecule has 1 N–H and O–H groups in total. The number of benzene rings is 2. The molecule has 34 heavy (non-hydrogen) atoms. The second-order valence-corrected chi connectivity index (χ2v) is 10.7. The van der Waals surface area contributed by atoms with Gasteiger partial charge in [0.1, 0.15) is 28.2 Å². The van der Waals surface area contributed by atoms with Gasteiger partial charge in [-0.1, -0.05) is 30.3 Å². The van der Waals surface area contributed by atoms with Gasteiger partial charge in [-0.15, -0.1) is 0 Å². The van der Waals surface area contributed by atoms with Crippen molar-refractivity contribution < 1.29 is 21.9 Å². The summed E-state index contributed by atoms with van der Waals surface area (Å²) in [6, 6.07) is 11.2. The monoisotopic (exact) mass is 486 g/mol. The first-order valence-corrected chi connectivity index (χ1v) is 12.5. The van der Waals surface area contributed by atoms with Crippen LogP contribution in [0.5, 0.6) is 0 Å². The zero-order valence-electron chi connectivity index (χ0n) is 18.3. The number of nitrogens with zero attached hydrogens (tertiary/aromatic N) is 3. The lowest BCUT2D eigenvalue weighted by atomic mass is 9.86. The Morgan fingerprint density at radius 1 is 1.12 bits per heavy atom. The molecule has 2 aliphatic heterocycles. The number of anilines is 1. The van der Waals surface area contributed by atoms with Crippen LogP contribution in [0.1, 0.15) is 34.8 Å². The molecule has 0 amide bonds. The van der Waals surface area contributed by atoms with Gasteiger partial charge in [-0.2, -0.15) is 4.31 Å². The molecule has 0 aliphatic carbocycles. The molecule has 2 fully saturated rings. The number of halogens is 2. The Hall–Kier alpha value is -2.95. The van der Waals surface area contributed by atoms with E-state index in [2.05, 4.69) is 15.3 Å². The number of hydrogen-bond acceptors (Lipinski definition) is 6. The molecule has 3 aromatic rings. The van der Waals surface area contributed by atoms with Gasteiger partial charge in [-0.05, 0) is 30.5 Å². The molecule has 0 bridgehead atoms. The van der Waals surface area contributed by atoms with E-state index >= 15 is 8.78 Å². The van der Waals surface area contributed by atoms with Crippen molar-refractivity contribution in [1.82, 2.24) is 14.3 Å². The second-order valence-electron chi connectivity index (χ2n) is 8.63. The molecule has 0 spiro atoms. The van der Waals surface area contributed by atoms with Gasteiger partial charge in [0.25, 0.3) is 0 Å². The smallest absolute Gasteiger partial charge is 0.221 e. The van der Waals surface area contributed by atoms with Gasteiger partial charge in [0.15, 0.2) is 0 Å². The Kier molecular flexibility index (Phi) is 6.05. The van der Waals surface area contributed by atoms with Crippen LogP contribution in [0.3, 0.4) is 0 Å². The van der Waals surface area contributed by atoms with Crippen LogP contribution in [-0.4, -0.2) is 42.4 Å². The van der Waals surface area contributed by atoms with Crippen molar-refractivity contribution in [2.75, 3.05) is 25.1 Å².